The Morgan fingerprint density at radius 2 is 2.03 bits per heavy atom. The van der Waals surface area contributed by atoms with Crippen molar-refractivity contribution in [1.29, 1.82) is 0 Å². The minimum Gasteiger partial charge on any atom is -0.393 e. The SMILES string of the molecule is CC(CO)(OC[C@H]1O[C@@H](n2ncc3c(N[C@@H]4CC[C@H]5CCC[C@H]54)nc(Cl)nc32)[C@H](O)[C@@H]1O)P(=O)(O)O. The largest absolute Gasteiger partial charge is 0.393 e. The van der Waals surface area contributed by atoms with E-state index in [4.69, 9.17) is 21.1 Å². The van der Waals surface area contributed by atoms with E-state index in [1.807, 2.05) is 0 Å². The van der Waals surface area contributed by atoms with Gasteiger partial charge in [-0.15, -0.1) is 0 Å². The van der Waals surface area contributed by atoms with Gasteiger partial charge in [-0.3, -0.25) is 4.57 Å². The van der Waals surface area contributed by atoms with E-state index in [0.29, 0.717) is 22.8 Å². The normalized spacial score (nSPS) is 34.2. The van der Waals surface area contributed by atoms with Gasteiger partial charge in [-0.05, 0) is 49.6 Å². The maximum atomic E-state index is 11.7. The summed E-state index contributed by atoms with van der Waals surface area (Å²) >= 11 is 6.23. The van der Waals surface area contributed by atoms with Gasteiger partial charge in [0.25, 0.3) is 0 Å². The van der Waals surface area contributed by atoms with Gasteiger partial charge < -0.3 is 39.9 Å². The topological polar surface area (TPSA) is 192 Å². The van der Waals surface area contributed by atoms with Crippen LogP contribution in [0.2, 0.25) is 5.28 Å². The Bertz CT molecular complexity index is 1160. The van der Waals surface area contributed by atoms with Crippen molar-refractivity contribution < 1.29 is 39.1 Å². The highest BCUT2D eigenvalue weighted by Gasteiger charge is 2.49. The predicted molar refractivity (Wildman–Crippen MR) is 127 cm³/mol. The van der Waals surface area contributed by atoms with Gasteiger partial charge in [0, 0.05) is 6.04 Å². The first kappa shape index (κ1) is 26.2. The molecule has 2 aromatic heterocycles. The first-order valence-corrected chi connectivity index (χ1v) is 14.0. The first-order valence-electron chi connectivity index (χ1n) is 12.0. The van der Waals surface area contributed by atoms with Crippen molar-refractivity contribution in [2.45, 2.75) is 75.0 Å². The summed E-state index contributed by atoms with van der Waals surface area (Å²) < 4.78 is 24.0. The van der Waals surface area contributed by atoms with E-state index in [1.54, 1.807) is 0 Å². The second-order valence-electron chi connectivity index (χ2n) is 10.1. The Morgan fingerprint density at radius 1 is 1.25 bits per heavy atom. The van der Waals surface area contributed by atoms with Crippen LogP contribution in [-0.4, -0.2) is 87.8 Å². The predicted octanol–water partition coefficient (Wildman–Crippen LogP) is 0.992. The van der Waals surface area contributed by atoms with Gasteiger partial charge in [0.1, 0.15) is 24.1 Å². The van der Waals surface area contributed by atoms with Crippen molar-refractivity contribution in [2.24, 2.45) is 11.8 Å². The number of hydrogen-bond donors (Lipinski definition) is 6. The molecule has 6 N–H and O–H groups in total. The molecule has 8 atom stereocenters. The molecule has 3 aliphatic rings. The van der Waals surface area contributed by atoms with Crippen molar-refractivity contribution in [3.05, 3.63) is 11.5 Å². The van der Waals surface area contributed by atoms with E-state index >= 15 is 0 Å². The highest BCUT2D eigenvalue weighted by molar-refractivity contribution is 7.53. The molecule has 1 aliphatic heterocycles. The smallest absolute Gasteiger partial charge is 0.359 e. The zero-order valence-corrected chi connectivity index (χ0v) is 21.3. The van der Waals surface area contributed by atoms with Crippen LogP contribution < -0.4 is 5.32 Å². The fourth-order valence-corrected chi connectivity index (χ4v) is 6.26. The molecule has 3 fully saturated rings. The fraction of sp³-hybridized carbons (Fsp3) is 0.762. The Labute approximate surface area is 211 Å². The van der Waals surface area contributed by atoms with Crippen LogP contribution in [-0.2, 0) is 14.0 Å². The Kier molecular flexibility index (Phi) is 7.07. The van der Waals surface area contributed by atoms with Crippen molar-refractivity contribution >= 4 is 36.0 Å². The number of halogens is 1. The van der Waals surface area contributed by atoms with Crippen molar-refractivity contribution in [3.63, 3.8) is 0 Å². The molecule has 2 aliphatic carbocycles. The minimum atomic E-state index is -4.83. The second kappa shape index (κ2) is 9.72. The van der Waals surface area contributed by atoms with E-state index in [0.717, 1.165) is 19.3 Å². The van der Waals surface area contributed by atoms with Crippen LogP contribution in [0.4, 0.5) is 5.82 Å². The molecular formula is C21H31ClN5O8P. The molecule has 0 aromatic carbocycles. The summed E-state index contributed by atoms with van der Waals surface area (Å²) in [4.78, 5) is 27.6. The molecule has 3 heterocycles. The Morgan fingerprint density at radius 3 is 2.75 bits per heavy atom. The molecule has 0 bridgehead atoms. The van der Waals surface area contributed by atoms with E-state index in [1.165, 1.54) is 36.6 Å². The molecular weight excluding hydrogens is 517 g/mol. The summed E-state index contributed by atoms with van der Waals surface area (Å²) in [6, 6.07) is 0.279. The lowest BCUT2D eigenvalue weighted by Crippen LogP contribution is -2.39. The molecule has 2 aromatic rings. The molecule has 0 amide bonds. The van der Waals surface area contributed by atoms with Crippen LogP contribution in [0.1, 0.15) is 45.3 Å². The van der Waals surface area contributed by atoms with Crippen LogP contribution in [0.5, 0.6) is 0 Å². The number of ether oxygens (including phenoxy) is 2. The maximum Gasteiger partial charge on any atom is 0.359 e. The Balaban J connectivity index is 1.36. The van der Waals surface area contributed by atoms with Gasteiger partial charge >= 0.3 is 7.60 Å². The Hall–Kier alpha value is -1.41. The van der Waals surface area contributed by atoms with Crippen LogP contribution >= 0.6 is 19.2 Å². The second-order valence-corrected chi connectivity index (χ2v) is 12.5. The van der Waals surface area contributed by atoms with Crippen molar-refractivity contribution in [2.75, 3.05) is 18.5 Å². The van der Waals surface area contributed by atoms with E-state index < -0.39 is 50.7 Å². The highest BCUT2D eigenvalue weighted by Crippen LogP contribution is 2.51. The molecule has 2 saturated carbocycles. The van der Waals surface area contributed by atoms with Gasteiger partial charge in [0.05, 0.1) is 24.8 Å². The third-order valence-electron chi connectivity index (χ3n) is 7.88. The summed E-state index contributed by atoms with van der Waals surface area (Å²) in [5.74, 6) is 1.87. The quantitative estimate of drug-likeness (QED) is 0.203. The van der Waals surface area contributed by atoms with Crippen LogP contribution in [0.15, 0.2) is 6.20 Å². The van der Waals surface area contributed by atoms with Gasteiger partial charge in [0.15, 0.2) is 17.2 Å². The summed E-state index contributed by atoms with van der Waals surface area (Å²) in [7, 11) is -4.83. The number of fused-ring (bicyclic) bond motifs is 2. The summed E-state index contributed by atoms with van der Waals surface area (Å²) in [5, 5.41) is 36.9. The van der Waals surface area contributed by atoms with Crippen molar-refractivity contribution in [3.8, 4) is 0 Å². The fourth-order valence-electron chi connectivity index (χ4n) is 5.66. The van der Waals surface area contributed by atoms with Crippen LogP contribution in [0, 0.1) is 11.8 Å². The van der Waals surface area contributed by atoms with E-state index in [2.05, 4.69) is 20.4 Å². The average molecular weight is 548 g/mol. The lowest BCUT2D eigenvalue weighted by molar-refractivity contribution is -0.104. The molecule has 15 heteroatoms. The molecule has 13 nitrogen and oxygen atoms in total. The summed E-state index contributed by atoms with van der Waals surface area (Å²) in [6.07, 6.45) is 2.22. The van der Waals surface area contributed by atoms with Crippen molar-refractivity contribution in [1.82, 2.24) is 19.7 Å². The zero-order valence-electron chi connectivity index (χ0n) is 19.6. The monoisotopic (exact) mass is 547 g/mol. The number of rotatable bonds is 8. The molecule has 1 saturated heterocycles. The van der Waals surface area contributed by atoms with Crippen LogP contribution in [0.3, 0.4) is 0 Å². The average Bonchev–Trinajstić information content (AvgIpc) is 3.58. The molecule has 36 heavy (non-hydrogen) atoms. The molecule has 1 unspecified atom stereocenters. The lowest BCUT2D eigenvalue weighted by atomic mass is 9.97. The molecule has 5 rings (SSSR count). The number of aromatic nitrogens is 4. The molecule has 0 spiro atoms. The number of nitrogens with one attached hydrogen (secondary N) is 1. The molecule has 200 valence electrons. The number of aliphatic hydroxyl groups excluding tert-OH is 3. The number of nitrogens with zero attached hydrogens (tertiary/aromatic N) is 4. The van der Waals surface area contributed by atoms with Gasteiger partial charge in [0.2, 0.25) is 5.28 Å². The maximum absolute atomic E-state index is 11.7. The summed E-state index contributed by atoms with van der Waals surface area (Å²) in [6.45, 7) is -0.401. The number of anilines is 1. The number of hydrogen-bond acceptors (Lipinski definition) is 10. The van der Waals surface area contributed by atoms with Gasteiger partial charge in [-0.1, -0.05) is 12.8 Å². The lowest BCUT2D eigenvalue weighted by Gasteiger charge is -2.29. The van der Waals surface area contributed by atoms with E-state index in [-0.39, 0.29) is 11.3 Å². The number of aliphatic hydroxyl groups is 3. The standard InChI is InChI=1S/C21H31ClN5O8P/c1-21(9-28,36(31,32)33)34-8-14-15(29)16(30)19(35-14)27-18-12(7-23-27)17(25-20(22)26-18)24-13-6-5-10-3-2-4-11(10)13/h7,10-11,13-16,19,28-30H,2-6,8-9H2,1H3,(H,24,25,26)(H2,31,32,33)/t10-,11-,13-,14-,15-,16-,19-,21?/m1/s1. The van der Waals surface area contributed by atoms with Gasteiger partial charge in [-0.25, -0.2) is 4.68 Å². The molecule has 0 radical (unpaired) electrons. The summed E-state index contributed by atoms with van der Waals surface area (Å²) in [5.41, 5.74) is 0.298. The van der Waals surface area contributed by atoms with E-state index in [9.17, 15) is 29.7 Å². The third kappa shape index (κ3) is 4.55. The minimum absolute atomic E-state index is 0.0130. The van der Waals surface area contributed by atoms with Gasteiger partial charge in [-0.2, -0.15) is 15.1 Å². The highest BCUT2D eigenvalue weighted by atomic mass is 35.5. The first-order chi connectivity index (χ1) is 17.0. The van der Waals surface area contributed by atoms with Crippen LogP contribution in [0.25, 0.3) is 11.0 Å². The zero-order chi connectivity index (χ0) is 25.8. The third-order valence-corrected chi connectivity index (χ3v) is 9.55.